The van der Waals surface area contributed by atoms with Crippen LogP contribution >= 0.6 is 38.9 Å². The SMILES string of the molecule is CCc1ccccc1C(Cl)c1csc2c(Br)cccc12. The largest absolute Gasteiger partial charge is 0.142 e. The average Bonchev–Trinajstić information content (AvgIpc) is 2.92. The molecule has 0 aliphatic rings. The number of hydrogen-bond acceptors (Lipinski definition) is 1. The summed E-state index contributed by atoms with van der Waals surface area (Å²) < 4.78 is 2.40. The Morgan fingerprint density at radius 2 is 1.90 bits per heavy atom. The molecule has 3 aromatic rings. The maximum atomic E-state index is 6.78. The zero-order valence-corrected chi connectivity index (χ0v) is 14.2. The van der Waals surface area contributed by atoms with Gasteiger partial charge in [0.2, 0.25) is 0 Å². The summed E-state index contributed by atoms with van der Waals surface area (Å²) in [4.78, 5) is 0. The van der Waals surface area contributed by atoms with E-state index in [2.05, 4.69) is 70.7 Å². The minimum Gasteiger partial charge on any atom is -0.142 e. The molecule has 0 bridgehead atoms. The normalized spacial score (nSPS) is 12.8. The smallest absolute Gasteiger partial charge is 0.0852 e. The number of alkyl halides is 1. The highest BCUT2D eigenvalue weighted by Crippen LogP contribution is 2.40. The van der Waals surface area contributed by atoms with Gasteiger partial charge in [0.25, 0.3) is 0 Å². The maximum Gasteiger partial charge on any atom is 0.0852 e. The number of thiophene rings is 1. The van der Waals surface area contributed by atoms with Crippen LogP contribution in [-0.4, -0.2) is 0 Å². The van der Waals surface area contributed by atoms with Gasteiger partial charge in [0, 0.05) is 9.17 Å². The fourth-order valence-corrected chi connectivity index (χ4v) is 4.63. The Labute approximate surface area is 136 Å². The van der Waals surface area contributed by atoms with Gasteiger partial charge in [-0.1, -0.05) is 43.3 Å². The predicted molar refractivity (Wildman–Crippen MR) is 93.0 cm³/mol. The predicted octanol–water partition coefficient (Wildman–Crippen LogP) is 6.55. The molecule has 0 amide bonds. The monoisotopic (exact) mass is 364 g/mol. The summed E-state index contributed by atoms with van der Waals surface area (Å²) in [6.07, 6.45) is 1.01. The van der Waals surface area contributed by atoms with E-state index in [1.165, 1.54) is 26.8 Å². The van der Waals surface area contributed by atoms with Crippen molar-refractivity contribution >= 4 is 49.0 Å². The third-order valence-corrected chi connectivity index (χ3v) is 6.00. The molecule has 1 aromatic heterocycles. The second kappa shape index (κ2) is 5.88. The Morgan fingerprint density at radius 1 is 1.10 bits per heavy atom. The van der Waals surface area contributed by atoms with Gasteiger partial charge in [0.15, 0.2) is 0 Å². The highest BCUT2D eigenvalue weighted by atomic mass is 79.9. The van der Waals surface area contributed by atoms with Crippen LogP contribution in [0, 0.1) is 0 Å². The molecule has 0 radical (unpaired) electrons. The van der Waals surface area contributed by atoms with E-state index in [9.17, 15) is 0 Å². The molecule has 0 saturated heterocycles. The van der Waals surface area contributed by atoms with Crippen molar-refractivity contribution in [2.45, 2.75) is 18.7 Å². The van der Waals surface area contributed by atoms with Gasteiger partial charge in [-0.3, -0.25) is 0 Å². The molecule has 1 unspecified atom stereocenters. The lowest BCUT2D eigenvalue weighted by Crippen LogP contribution is -1.97. The molecule has 20 heavy (non-hydrogen) atoms. The van der Waals surface area contributed by atoms with Crippen molar-refractivity contribution in [3.63, 3.8) is 0 Å². The fourth-order valence-electron chi connectivity index (χ4n) is 2.51. The second-order valence-corrected chi connectivity index (χ2v) is 6.89. The summed E-state index contributed by atoms with van der Waals surface area (Å²) in [5.41, 5.74) is 3.74. The molecule has 1 heterocycles. The van der Waals surface area contributed by atoms with Crippen LogP contribution in [0.4, 0.5) is 0 Å². The lowest BCUT2D eigenvalue weighted by Gasteiger charge is -2.13. The highest BCUT2D eigenvalue weighted by molar-refractivity contribution is 9.10. The summed E-state index contributed by atoms with van der Waals surface area (Å²) in [5, 5.41) is 3.34. The first-order valence-electron chi connectivity index (χ1n) is 6.60. The van der Waals surface area contributed by atoms with Gasteiger partial charge in [-0.15, -0.1) is 22.9 Å². The van der Waals surface area contributed by atoms with Crippen molar-refractivity contribution in [3.8, 4) is 0 Å². The van der Waals surface area contributed by atoms with E-state index in [4.69, 9.17) is 11.6 Å². The summed E-state index contributed by atoms with van der Waals surface area (Å²) in [5.74, 6) is 0. The average molecular weight is 366 g/mol. The summed E-state index contributed by atoms with van der Waals surface area (Å²) in [6.45, 7) is 2.17. The van der Waals surface area contributed by atoms with Crippen LogP contribution in [0.3, 0.4) is 0 Å². The van der Waals surface area contributed by atoms with E-state index < -0.39 is 0 Å². The van der Waals surface area contributed by atoms with Gasteiger partial charge in [0.05, 0.1) is 5.38 Å². The Bertz CT molecular complexity index is 748. The van der Waals surface area contributed by atoms with Crippen LogP contribution < -0.4 is 0 Å². The van der Waals surface area contributed by atoms with E-state index >= 15 is 0 Å². The van der Waals surface area contributed by atoms with Gasteiger partial charge in [0.1, 0.15) is 0 Å². The molecule has 0 nitrogen and oxygen atoms in total. The van der Waals surface area contributed by atoms with Crippen LogP contribution in [0.15, 0.2) is 52.3 Å². The molecule has 1 atom stereocenters. The topological polar surface area (TPSA) is 0 Å². The van der Waals surface area contributed by atoms with Crippen LogP contribution in [-0.2, 0) is 6.42 Å². The molecule has 0 saturated carbocycles. The number of fused-ring (bicyclic) bond motifs is 1. The lowest BCUT2D eigenvalue weighted by atomic mass is 9.97. The van der Waals surface area contributed by atoms with Gasteiger partial charge < -0.3 is 0 Å². The Morgan fingerprint density at radius 3 is 2.70 bits per heavy atom. The molecule has 102 valence electrons. The van der Waals surface area contributed by atoms with Crippen molar-refractivity contribution in [2.75, 3.05) is 0 Å². The number of hydrogen-bond donors (Lipinski definition) is 0. The third kappa shape index (κ3) is 2.41. The van der Waals surface area contributed by atoms with E-state index in [0.29, 0.717) is 0 Å². The molecule has 0 aliphatic carbocycles. The first-order valence-corrected chi connectivity index (χ1v) is 8.70. The van der Waals surface area contributed by atoms with Crippen molar-refractivity contribution in [2.24, 2.45) is 0 Å². The van der Waals surface area contributed by atoms with Crippen molar-refractivity contribution < 1.29 is 0 Å². The number of aryl methyl sites for hydroxylation is 1. The molecular formula is C17H14BrClS. The highest BCUT2D eigenvalue weighted by Gasteiger charge is 2.18. The van der Waals surface area contributed by atoms with Gasteiger partial charge >= 0.3 is 0 Å². The van der Waals surface area contributed by atoms with E-state index in [-0.39, 0.29) is 5.38 Å². The van der Waals surface area contributed by atoms with Gasteiger partial charge in [-0.2, -0.15) is 0 Å². The molecule has 0 fully saturated rings. The van der Waals surface area contributed by atoms with Crippen LogP contribution in [0.5, 0.6) is 0 Å². The molecular weight excluding hydrogens is 352 g/mol. The zero-order valence-electron chi connectivity index (χ0n) is 11.1. The van der Waals surface area contributed by atoms with Crippen molar-refractivity contribution in [1.82, 2.24) is 0 Å². The van der Waals surface area contributed by atoms with E-state index in [0.717, 1.165) is 10.9 Å². The standard InChI is InChI=1S/C17H14BrClS/c1-2-11-6-3-4-7-12(11)16(19)14-10-20-17-13(14)8-5-9-15(17)18/h3-10,16H,2H2,1H3. The number of halogens is 2. The first kappa shape index (κ1) is 14.1. The maximum absolute atomic E-state index is 6.78. The molecule has 2 aromatic carbocycles. The lowest BCUT2D eigenvalue weighted by molar-refractivity contribution is 1.05. The number of rotatable bonds is 3. The zero-order chi connectivity index (χ0) is 14.1. The minimum absolute atomic E-state index is 0.0887. The van der Waals surface area contributed by atoms with Crippen LogP contribution in [0.1, 0.15) is 29.0 Å². The van der Waals surface area contributed by atoms with Gasteiger partial charge in [-0.05, 0) is 55.9 Å². The second-order valence-electron chi connectivity index (χ2n) is 4.72. The van der Waals surface area contributed by atoms with E-state index in [1.807, 2.05) is 0 Å². The Hall–Kier alpha value is -0.830. The summed E-state index contributed by atoms with van der Waals surface area (Å²) in [6, 6.07) is 14.7. The summed E-state index contributed by atoms with van der Waals surface area (Å²) in [7, 11) is 0. The Kier molecular flexibility index (Phi) is 4.16. The molecule has 3 heteroatoms. The number of benzene rings is 2. The van der Waals surface area contributed by atoms with Crippen molar-refractivity contribution in [1.29, 1.82) is 0 Å². The molecule has 0 aliphatic heterocycles. The van der Waals surface area contributed by atoms with Crippen LogP contribution in [0.2, 0.25) is 0 Å². The molecule has 3 rings (SSSR count). The fraction of sp³-hybridized carbons (Fsp3) is 0.176. The third-order valence-electron chi connectivity index (χ3n) is 3.56. The first-order chi connectivity index (χ1) is 9.72. The molecule has 0 N–H and O–H groups in total. The van der Waals surface area contributed by atoms with E-state index in [1.54, 1.807) is 11.3 Å². The Balaban J connectivity index is 2.13. The quantitative estimate of drug-likeness (QED) is 0.461. The van der Waals surface area contributed by atoms with Crippen molar-refractivity contribution in [3.05, 3.63) is 69.0 Å². The molecule has 0 spiro atoms. The van der Waals surface area contributed by atoms with Gasteiger partial charge in [-0.25, -0.2) is 0 Å². The summed E-state index contributed by atoms with van der Waals surface area (Å²) >= 11 is 12.1. The van der Waals surface area contributed by atoms with Crippen LogP contribution in [0.25, 0.3) is 10.1 Å². The minimum atomic E-state index is -0.0887.